The Morgan fingerprint density at radius 2 is 2.12 bits per heavy atom. The van der Waals surface area contributed by atoms with Crippen molar-refractivity contribution in [1.29, 1.82) is 5.26 Å². The van der Waals surface area contributed by atoms with Crippen LogP contribution in [-0.4, -0.2) is 43.5 Å². The first-order valence-electron chi connectivity index (χ1n) is 4.83. The molecule has 0 aliphatic rings. The Balaban J connectivity index is 2.77. The third kappa shape index (κ3) is 2.95. The zero-order chi connectivity index (χ0) is 12.1. The van der Waals surface area contributed by atoms with Gasteiger partial charge in [0, 0.05) is 21.1 Å². The van der Waals surface area contributed by atoms with Crippen LogP contribution in [0, 0.1) is 11.3 Å². The molecule has 1 aromatic rings. The molecule has 0 saturated heterocycles. The summed E-state index contributed by atoms with van der Waals surface area (Å²) in [6.07, 6.45) is 0. The Labute approximate surface area is 94.9 Å². The van der Waals surface area contributed by atoms with Crippen molar-refractivity contribution in [1.82, 2.24) is 9.88 Å². The van der Waals surface area contributed by atoms with Gasteiger partial charge in [0.15, 0.2) is 0 Å². The summed E-state index contributed by atoms with van der Waals surface area (Å²) in [6.45, 7) is 0.245. The fourth-order valence-electron chi connectivity index (χ4n) is 1.12. The molecule has 0 saturated carbocycles. The van der Waals surface area contributed by atoms with Crippen molar-refractivity contribution < 1.29 is 4.79 Å². The maximum atomic E-state index is 11.5. The van der Waals surface area contributed by atoms with Crippen LogP contribution in [0.25, 0.3) is 0 Å². The summed E-state index contributed by atoms with van der Waals surface area (Å²) in [6, 6.07) is 7.11. The lowest BCUT2D eigenvalue weighted by Crippen LogP contribution is -2.34. The van der Waals surface area contributed by atoms with Gasteiger partial charge in [0.25, 0.3) is 0 Å². The van der Waals surface area contributed by atoms with Crippen LogP contribution < -0.4 is 4.90 Å². The number of rotatable bonds is 3. The van der Waals surface area contributed by atoms with E-state index in [-0.39, 0.29) is 12.5 Å². The molecule has 5 heteroatoms. The predicted octanol–water partition coefficient (Wildman–Crippen LogP) is 0.478. The molecular weight excluding hydrogens is 204 g/mol. The highest BCUT2D eigenvalue weighted by atomic mass is 16.2. The lowest BCUT2D eigenvalue weighted by atomic mass is 10.3. The van der Waals surface area contributed by atoms with Crippen LogP contribution in [0.15, 0.2) is 18.2 Å². The fraction of sp³-hybridized carbons (Fsp3) is 0.364. The third-order valence-electron chi connectivity index (χ3n) is 2.11. The van der Waals surface area contributed by atoms with Gasteiger partial charge < -0.3 is 9.80 Å². The molecule has 0 N–H and O–H groups in total. The molecule has 0 radical (unpaired) electrons. The number of carbonyl (C=O) groups excluding carboxylic acids is 1. The average molecular weight is 218 g/mol. The second kappa shape index (κ2) is 5.12. The molecule has 1 aromatic heterocycles. The van der Waals surface area contributed by atoms with Crippen LogP contribution in [0.2, 0.25) is 0 Å². The van der Waals surface area contributed by atoms with Crippen molar-refractivity contribution in [3.8, 4) is 6.07 Å². The Hall–Kier alpha value is -2.09. The van der Waals surface area contributed by atoms with E-state index in [2.05, 4.69) is 4.98 Å². The Bertz CT molecular complexity index is 422. The number of amides is 1. The van der Waals surface area contributed by atoms with Crippen LogP contribution in [0.1, 0.15) is 5.69 Å². The molecule has 0 aliphatic carbocycles. The zero-order valence-corrected chi connectivity index (χ0v) is 9.64. The summed E-state index contributed by atoms with van der Waals surface area (Å²) in [5, 5.41) is 8.71. The first-order valence-corrected chi connectivity index (χ1v) is 4.83. The molecule has 5 nitrogen and oxygen atoms in total. The average Bonchev–Trinajstić information content (AvgIpc) is 2.28. The highest BCUT2D eigenvalue weighted by molar-refractivity contribution is 5.80. The smallest absolute Gasteiger partial charge is 0.241 e. The molecule has 1 heterocycles. The highest BCUT2D eigenvalue weighted by Gasteiger charge is 2.10. The summed E-state index contributed by atoms with van der Waals surface area (Å²) in [5.41, 5.74) is 0.349. The van der Waals surface area contributed by atoms with Gasteiger partial charge in [-0.05, 0) is 12.1 Å². The van der Waals surface area contributed by atoms with Crippen molar-refractivity contribution in [3.63, 3.8) is 0 Å². The Kier molecular flexibility index (Phi) is 3.84. The van der Waals surface area contributed by atoms with Gasteiger partial charge in [0.1, 0.15) is 17.6 Å². The number of aromatic nitrogens is 1. The molecule has 0 atom stereocenters. The van der Waals surface area contributed by atoms with Gasteiger partial charge in [-0.1, -0.05) is 6.07 Å². The van der Waals surface area contributed by atoms with E-state index in [1.54, 1.807) is 44.2 Å². The van der Waals surface area contributed by atoms with Crippen molar-refractivity contribution >= 4 is 11.7 Å². The van der Waals surface area contributed by atoms with Gasteiger partial charge in [0.2, 0.25) is 5.91 Å². The van der Waals surface area contributed by atoms with Crippen LogP contribution in [0.4, 0.5) is 5.82 Å². The third-order valence-corrected chi connectivity index (χ3v) is 2.11. The number of nitrogens with zero attached hydrogens (tertiary/aromatic N) is 4. The monoisotopic (exact) mass is 218 g/mol. The molecule has 0 unspecified atom stereocenters. The number of pyridine rings is 1. The Morgan fingerprint density at radius 3 is 2.69 bits per heavy atom. The molecule has 84 valence electrons. The van der Waals surface area contributed by atoms with E-state index in [1.807, 2.05) is 6.07 Å². The molecule has 1 rings (SSSR count). The van der Waals surface area contributed by atoms with Crippen molar-refractivity contribution in [2.75, 3.05) is 32.6 Å². The standard InChI is InChI=1S/C11H14N4O/c1-14(2)11(16)8-15(3)10-6-4-5-9(7-12)13-10/h4-6H,8H2,1-3H3. The second-order valence-corrected chi connectivity index (χ2v) is 3.64. The first kappa shape index (κ1) is 12.0. The van der Waals surface area contributed by atoms with Gasteiger partial charge in [-0.25, -0.2) is 4.98 Å². The van der Waals surface area contributed by atoms with Crippen LogP contribution in [-0.2, 0) is 4.79 Å². The highest BCUT2D eigenvalue weighted by Crippen LogP contribution is 2.08. The number of carbonyl (C=O) groups is 1. The molecular formula is C11H14N4O. The van der Waals surface area contributed by atoms with Crippen LogP contribution >= 0.6 is 0 Å². The largest absolute Gasteiger partial charge is 0.350 e. The SMILES string of the molecule is CN(C)C(=O)CN(C)c1cccc(C#N)n1. The summed E-state index contributed by atoms with van der Waals surface area (Å²) < 4.78 is 0. The summed E-state index contributed by atoms with van der Waals surface area (Å²) in [7, 11) is 5.18. The van der Waals surface area contributed by atoms with E-state index in [0.29, 0.717) is 11.5 Å². The van der Waals surface area contributed by atoms with Gasteiger partial charge in [-0.2, -0.15) is 5.26 Å². The van der Waals surface area contributed by atoms with Crippen molar-refractivity contribution in [2.45, 2.75) is 0 Å². The minimum atomic E-state index is -0.00772. The van der Waals surface area contributed by atoms with Crippen LogP contribution in [0.3, 0.4) is 0 Å². The molecule has 0 bridgehead atoms. The second-order valence-electron chi connectivity index (χ2n) is 3.64. The molecule has 0 fully saturated rings. The first-order chi connectivity index (χ1) is 7.54. The van der Waals surface area contributed by atoms with Crippen molar-refractivity contribution in [2.24, 2.45) is 0 Å². The lowest BCUT2D eigenvalue weighted by molar-refractivity contribution is -0.127. The lowest BCUT2D eigenvalue weighted by Gasteiger charge is -2.19. The van der Waals surface area contributed by atoms with Crippen LogP contribution in [0.5, 0.6) is 0 Å². The van der Waals surface area contributed by atoms with E-state index in [9.17, 15) is 4.79 Å². The number of hydrogen-bond acceptors (Lipinski definition) is 4. The fourth-order valence-corrected chi connectivity index (χ4v) is 1.12. The molecule has 0 spiro atoms. The summed E-state index contributed by atoms with van der Waals surface area (Å²) in [4.78, 5) is 18.8. The van der Waals surface area contributed by atoms with E-state index in [0.717, 1.165) is 0 Å². The number of nitriles is 1. The minimum absolute atomic E-state index is 0.00772. The van der Waals surface area contributed by atoms with Gasteiger partial charge >= 0.3 is 0 Å². The van der Waals surface area contributed by atoms with E-state index >= 15 is 0 Å². The van der Waals surface area contributed by atoms with E-state index in [4.69, 9.17) is 5.26 Å². The normalized spacial score (nSPS) is 9.38. The molecule has 1 amide bonds. The topological polar surface area (TPSA) is 60.2 Å². The summed E-state index contributed by atoms with van der Waals surface area (Å²) >= 11 is 0. The van der Waals surface area contributed by atoms with E-state index < -0.39 is 0 Å². The van der Waals surface area contributed by atoms with Gasteiger partial charge in [-0.3, -0.25) is 4.79 Å². The molecule has 0 aromatic carbocycles. The van der Waals surface area contributed by atoms with Gasteiger partial charge in [-0.15, -0.1) is 0 Å². The Morgan fingerprint density at radius 1 is 1.44 bits per heavy atom. The quantitative estimate of drug-likeness (QED) is 0.740. The molecule has 16 heavy (non-hydrogen) atoms. The minimum Gasteiger partial charge on any atom is -0.350 e. The summed E-state index contributed by atoms with van der Waals surface area (Å²) in [5.74, 6) is 0.612. The van der Waals surface area contributed by atoms with E-state index in [1.165, 1.54) is 4.90 Å². The maximum absolute atomic E-state index is 11.5. The number of likely N-dealkylation sites (N-methyl/N-ethyl adjacent to an activating group) is 2. The maximum Gasteiger partial charge on any atom is 0.241 e. The zero-order valence-electron chi connectivity index (χ0n) is 9.64. The number of hydrogen-bond donors (Lipinski definition) is 0. The predicted molar refractivity (Wildman–Crippen MR) is 60.9 cm³/mol. The number of anilines is 1. The van der Waals surface area contributed by atoms with Gasteiger partial charge in [0.05, 0.1) is 6.54 Å². The van der Waals surface area contributed by atoms with Crippen molar-refractivity contribution in [3.05, 3.63) is 23.9 Å². The molecule has 0 aliphatic heterocycles.